The minimum Gasteiger partial charge on any atom is -0.466 e. The summed E-state index contributed by atoms with van der Waals surface area (Å²) in [7, 11) is 0. The lowest BCUT2D eigenvalue weighted by Gasteiger charge is -2.37. The van der Waals surface area contributed by atoms with Crippen molar-refractivity contribution >= 4 is 17.6 Å². The third-order valence-electron chi connectivity index (χ3n) is 2.18. The van der Waals surface area contributed by atoms with Gasteiger partial charge in [0, 0.05) is 13.2 Å². The van der Waals surface area contributed by atoms with Crippen LogP contribution in [0.3, 0.4) is 0 Å². The minimum absolute atomic E-state index is 0.0602. The molecule has 0 radical (unpaired) electrons. The molecule has 0 saturated carbocycles. The van der Waals surface area contributed by atoms with E-state index in [-0.39, 0.29) is 19.8 Å². The van der Waals surface area contributed by atoms with Crippen LogP contribution in [0.15, 0.2) is 0 Å². The Morgan fingerprint density at radius 3 is 1.89 bits per heavy atom. The molecule has 0 aliphatic carbocycles. The van der Waals surface area contributed by atoms with Crippen LogP contribution < -0.4 is 0 Å². The molecule has 0 aromatic carbocycles. The fourth-order valence-corrected chi connectivity index (χ4v) is 1.87. The van der Waals surface area contributed by atoms with Crippen molar-refractivity contribution in [3.8, 4) is 0 Å². The number of rotatable bonds is 8. The van der Waals surface area contributed by atoms with Crippen LogP contribution in [0.5, 0.6) is 0 Å². The third kappa shape index (κ3) is 4.81. The maximum atomic E-state index is 13.1. The van der Waals surface area contributed by atoms with Gasteiger partial charge in [0.1, 0.15) is 5.38 Å². The van der Waals surface area contributed by atoms with E-state index in [1.807, 2.05) is 0 Å². The predicted octanol–water partition coefficient (Wildman–Crippen LogP) is 2.88. The predicted molar refractivity (Wildman–Crippen MR) is 62.9 cm³/mol. The number of carbonyl (C=O) groups is 1. The molecule has 8 heteroatoms. The molecule has 0 fully saturated rings. The first kappa shape index (κ1) is 18.5. The van der Waals surface area contributed by atoms with Gasteiger partial charge in [0.25, 0.3) is 5.79 Å². The average molecular weight is 307 g/mol. The molecule has 4 nitrogen and oxygen atoms in total. The summed E-state index contributed by atoms with van der Waals surface area (Å²) >= 11 is 5.71. The van der Waals surface area contributed by atoms with E-state index in [9.17, 15) is 18.0 Å². The molecule has 114 valence electrons. The van der Waals surface area contributed by atoms with Gasteiger partial charge < -0.3 is 14.2 Å². The molecule has 0 aromatic heterocycles. The fourth-order valence-electron chi connectivity index (χ4n) is 1.49. The normalized spacial score (nSPS) is 14.3. The fraction of sp³-hybridized carbons (Fsp3) is 0.909. The number of hydrogen-bond donors (Lipinski definition) is 0. The third-order valence-corrected chi connectivity index (χ3v) is 2.62. The van der Waals surface area contributed by atoms with Gasteiger partial charge in [0.05, 0.1) is 13.0 Å². The Morgan fingerprint density at radius 2 is 1.58 bits per heavy atom. The Hall–Kier alpha value is -0.530. The minimum atomic E-state index is -4.86. The molecule has 0 N–H and O–H groups in total. The standard InChI is InChI=1S/C11H18ClF3O4/c1-4-17-9(16)7-8(12)10(18-5-2,19-6-3)11(13,14)15/h8H,4-7H2,1-3H3. The highest BCUT2D eigenvalue weighted by Crippen LogP contribution is 2.41. The first-order valence-electron chi connectivity index (χ1n) is 5.89. The van der Waals surface area contributed by atoms with Crippen molar-refractivity contribution < 1.29 is 32.2 Å². The Morgan fingerprint density at radius 1 is 1.11 bits per heavy atom. The molecule has 0 aliphatic heterocycles. The number of ether oxygens (including phenoxy) is 3. The first-order chi connectivity index (χ1) is 8.75. The summed E-state index contributed by atoms with van der Waals surface area (Å²) in [5.41, 5.74) is 0. The van der Waals surface area contributed by atoms with Crippen LogP contribution in [0.4, 0.5) is 13.2 Å². The topological polar surface area (TPSA) is 44.8 Å². The first-order valence-corrected chi connectivity index (χ1v) is 6.33. The van der Waals surface area contributed by atoms with E-state index in [0.717, 1.165) is 0 Å². The van der Waals surface area contributed by atoms with Gasteiger partial charge in [-0.3, -0.25) is 4.79 Å². The lowest BCUT2D eigenvalue weighted by Crippen LogP contribution is -2.57. The average Bonchev–Trinajstić information content (AvgIpc) is 2.27. The molecule has 0 heterocycles. The van der Waals surface area contributed by atoms with Gasteiger partial charge >= 0.3 is 12.1 Å². The second-order valence-electron chi connectivity index (χ2n) is 3.51. The molecule has 0 saturated heterocycles. The number of alkyl halides is 4. The van der Waals surface area contributed by atoms with Gasteiger partial charge in [-0.25, -0.2) is 0 Å². The molecule has 0 bridgehead atoms. The lowest BCUT2D eigenvalue weighted by atomic mass is 10.1. The Labute approximate surface area is 115 Å². The van der Waals surface area contributed by atoms with Gasteiger partial charge in [-0.05, 0) is 20.8 Å². The van der Waals surface area contributed by atoms with Crippen LogP contribution >= 0.6 is 11.6 Å². The van der Waals surface area contributed by atoms with Crippen LogP contribution in [0.1, 0.15) is 27.2 Å². The summed E-state index contributed by atoms with van der Waals surface area (Å²) in [5.74, 6) is -3.85. The van der Waals surface area contributed by atoms with Crippen molar-refractivity contribution in [3.05, 3.63) is 0 Å². The van der Waals surface area contributed by atoms with Gasteiger partial charge in [0.2, 0.25) is 0 Å². The molecular weight excluding hydrogens is 289 g/mol. The largest absolute Gasteiger partial charge is 0.466 e. The molecule has 1 unspecified atom stereocenters. The van der Waals surface area contributed by atoms with Crippen LogP contribution in [0, 0.1) is 0 Å². The van der Waals surface area contributed by atoms with Crippen molar-refractivity contribution in [2.75, 3.05) is 19.8 Å². The highest BCUT2D eigenvalue weighted by molar-refractivity contribution is 6.22. The zero-order valence-electron chi connectivity index (χ0n) is 11.1. The van der Waals surface area contributed by atoms with E-state index in [4.69, 9.17) is 11.6 Å². The zero-order chi connectivity index (χ0) is 15.1. The molecule has 0 amide bonds. The van der Waals surface area contributed by atoms with Crippen molar-refractivity contribution in [1.82, 2.24) is 0 Å². The number of hydrogen-bond acceptors (Lipinski definition) is 4. The smallest absolute Gasteiger partial charge is 0.444 e. The van der Waals surface area contributed by atoms with Gasteiger partial charge in [-0.2, -0.15) is 13.2 Å². The SMILES string of the molecule is CCOC(=O)CC(Cl)C(OCC)(OCC)C(F)(F)F. The maximum absolute atomic E-state index is 13.1. The van der Waals surface area contributed by atoms with Crippen molar-refractivity contribution in [3.63, 3.8) is 0 Å². The molecule has 19 heavy (non-hydrogen) atoms. The Kier molecular flexibility index (Phi) is 7.69. The quantitative estimate of drug-likeness (QED) is 0.393. The number of halogens is 4. The second kappa shape index (κ2) is 7.91. The summed E-state index contributed by atoms with van der Waals surface area (Å²) in [6.07, 6.45) is -5.52. The molecule has 0 aliphatic rings. The van der Waals surface area contributed by atoms with E-state index in [2.05, 4.69) is 14.2 Å². The van der Waals surface area contributed by atoms with Crippen LogP contribution in [0.2, 0.25) is 0 Å². The summed E-state index contributed by atoms with van der Waals surface area (Å²) < 4.78 is 53.4. The van der Waals surface area contributed by atoms with Gasteiger partial charge in [-0.15, -0.1) is 11.6 Å². The molecule has 0 aromatic rings. The molecule has 0 rings (SSSR count). The summed E-state index contributed by atoms with van der Waals surface area (Å²) in [6, 6.07) is 0. The molecule has 0 spiro atoms. The molecule has 1 atom stereocenters. The van der Waals surface area contributed by atoms with E-state index in [1.165, 1.54) is 13.8 Å². The van der Waals surface area contributed by atoms with Crippen molar-refractivity contribution in [2.45, 2.75) is 44.5 Å². The summed E-state index contributed by atoms with van der Waals surface area (Å²) in [6.45, 7) is 3.85. The Bertz CT molecular complexity index is 278. The van der Waals surface area contributed by atoms with E-state index in [1.54, 1.807) is 6.92 Å². The number of carbonyl (C=O) groups excluding carboxylic acids is 1. The van der Waals surface area contributed by atoms with Crippen LogP contribution in [-0.4, -0.2) is 43.1 Å². The maximum Gasteiger partial charge on any atom is 0.444 e. The van der Waals surface area contributed by atoms with Gasteiger partial charge in [-0.1, -0.05) is 0 Å². The van der Waals surface area contributed by atoms with Crippen molar-refractivity contribution in [2.24, 2.45) is 0 Å². The monoisotopic (exact) mass is 306 g/mol. The van der Waals surface area contributed by atoms with Crippen LogP contribution in [-0.2, 0) is 19.0 Å². The van der Waals surface area contributed by atoms with E-state index >= 15 is 0 Å². The summed E-state index contributed by atoms with van der Waals surface area (Å²) in [4.78, 5) is 11.3. The van der Waals surface area contributed by atoms with E-state index in [0.29, 0.717) is 0 Å². The zero-order valence-corrected chi connectivity index (χ0v) is 11.8. The summed E-state index contributed by atoms with van der Waals surface area (Å²) in [5, 5.41) is -1.73. The van der Waals surface area contributed by atoms with E-state index < -0.39 is 29.7 Å². The van der Waals surface area contributed by atoms with Crippen molar-refractivity contribution in [1.29, 1.82) is 0 Å². The highest BCUT2D eigenvalue weighted by Gasteiger charge is 2.62. The second-order valence-corrected chi connectivity index (χ2v) is 4.03. The molecular formula is C11H18ClF3O4. The van der Waals surface area contributed by atoms with Gasteiger partial charge in [0.15, 0.2) is 0 Å². The highest BCUT2D eigenvalue weighted by atomic mass is 35.5. The van der Waals surface area contributed by atoms with Crippen LogP contribution in [0.25, 0.3) is 0 Å². The number of esters is 1. The lowest BCUT2D eigenvalue weighted by molar-refractivity contribution is -0.379. The Balaban J connectivity index is 5.14.